The van der Waals surface area contributed by atoms with E-state index in [1.165, 1.54) is 5.56 Å². The van der Waals surface area contributed by atoms with Gasteiger partial charge in [0, 0.05) is 24.3 Å². The number of anilines is 1. The highest BCUT2D eigenvalue weighted by Crippen LogP contribution is 2.13. The van der Waals surface area contributed by atoms with Crippen molar-refractivity contribution in [1.82, 2.24) is 9.55 Å². The molecule has 0 aliphatic heterocycles. The summed E-state index contributed by atoms with van der Waals surface area (Å²) in [5, 5.41) is 3.85. The lowest BCUT2D eigenvalue weighted by molar-refractivity contribution is 0.102. The molecular weight excluding hydrogens is 306 g/mol. The Labute approximate surface area is 121 Å². The van der Waals surface area contributed by atoms with Crippen molar-refractivity contribution in [1.29, 1.82) is 0 Å². The van der Waals surface area contributed by atoms with Crippen LogP contribution in [0.5, 0.6) is 0 Å². The molecule has 0 aliphatic carbocycles. The summed E-state index contributed by atoms with van der Waals surface area (Å²) in [4.78, 5) is 16.0. The maximum atomic E-state index is 12.0. The summed E-state index contributed by atoms with van der Waals surface area (Å²) in [5.41, 5.74) is 2.45. The zero-order chi connectivity index (χ0) is 13.7. The fourth-order valence-electron chi connectivity index (χ4n) is 1.80. The molecule has 0 fully saturated rings. The van der Waals surface area contributed by atoms with Gasteiger partial charge in [0.2, 0.25) is 0 Å². The molecule has 0 saturated heterocycles. The van der Waals surface area contributed by atoms with Gasteiger partial charge in [0.25, 0.3) is 5.91 Å². The number of carbonyl (C=O) groups excluding carboxylic acids is 1. The maximum absolute atomic E-state index is 12.0. The number of halogens is 1. The Morgan fingerprint density at radius 3 is 3.00 bits per heavy atom. The summed E-state index contributed by atoms with van der Waals surface area (Å²) >= 11 is 3.42. The summed E-state index contributed by atoms with van der Waals surface area (Å²) < 4.78 is 1.75. The van der Waals surface area contributed by atoms with E-state index in [9.17, 15) is 4.79 Å². The number of carbonyl (C=O) groups is 1. The van der Waals surface area contributed by atoms with Gasteiger partial charge in [-0.3, -0.25) is 4.79 Å². The molecule has 1 aromatic carbocycles. The van der Waals surface area contributed by atoms with Gasteiger partial charge in [0.15, 0.2) is 0 Å². The van der Waals surface area contributed by atoms with Gasteiger partial charge in [0.1, 0.15) is 5.69 Å². The Kier molecular flexibility index (Phi) is 4.74. The van der Waals surface area contributed by atoms with Gasteiger partial charge in [0.05, 0.1) is 6.33 Å². The minimum atomic E-state index is -0.182. The van der Waals surface area contributed by atoms with Crippen LogP contribution < -0.4 is 5.32 Å². The molecule has 0 radical (unpaired) electrons. The lowest BCUT2D eigenvalue weighted by Gasteiger charge is -2.06. The molecule has 4 nitrogen and oxygen atoms in total. The van der Waals surface area contributed by atoms with E-state index in [1.807, 2.05) is 25.2 Å². The summed E-state index contributed by atoms with van der Waals surface area (Å²) in [6, 6.07) is 7.92. The van der Waals surface area contributed by atoms with Crippen molar-refractivity contribution in [2.24, 2.45) is 7.05 Å². The number of benzene rings is 1. The number of rotatable bonds is 5. The average Bonchev–Trinajstić information content (AvgIpc) is 2.83. The zero-order valence-corrected chi connectivity index (χ0v) is 12.4. The molecule has 1 heterocycles. The van der Waals surface area contributed by atoms with Crippen LogP contribution in [0, 0.1) is 0 Å². The van der Waals surface area contributed by atoms with E-state index in [2.05, 4.69) is 32.3 Å². The first-order valence-electron chi connectivity index (χ1n) is 6.13. The number of hydrogen-bond acceptors (Lipinski definition) is 2. The van der Waals surface area contributed by atoms with E-state index in [1.54, 1.807) is 17.1 Å². The standard InChI is InChI=1S/C14H16BrN3O/c1-18-9-13(16-10-18)14(19)17-12-6-2-4-11(8-12)5-3-7-15/h2,4,6,8-10H,3,5,7H2,1H3,(H,17,19). The number of hydrogen-bond donors (Lipinski definition) is 1. The Morgan fingerprint density at radius 1 is 1.47 bits per heavy atom. The van der Waals surface area contributed by atoms with Crippen molar-refractivity contribution in [3.63, 3.8) is 0 Å². The SMILES string of the molecule is Cn1cnc(C(=O)Nc2cccc(CCCBr)c2)c1. The third-order valence-corrected chi connectivity index (χ3v) is 3.28. The molecule has 0 spiro atoms. The van der Waals surface area contributed by atoms with E-state index >= 15 is 0 Å². The van der Waals surface area contributed by atoms with Gasteiger partial charge in [-0.15, -0.1) is 0 Å². The molecule has 19 heavy (non-hydrogen) atoms. The molecule has 1 N–H and O–H groups in total. The quantitative estimate of drug-likeness (QED) is 0.860. The van der Waals surface area contributed by atoms with Gasteiger partial charge in [-0.05, 0) is 30.5 Å². The second-order valence-electron chi connectivity index (χ2n) is 4.37. The maximum Gasteiger partial charge on any atom is 0.275 e. The molecular formula is C14H16BrN3O. The minimum Gasteiger partial charge on any atom is -0.340 e. The molecule has 100 valence electrons. The van der Waals surface area contributed by atoms with Crippen LogP contribution in [0.1, 0.15) is 22.5 Å². The van der Waals surface area contributed by atoms with Crippen LogP contribution in [0.3, 0.4) is 0 Å². The molecule has 2 aromatic rings. The second-order valence-corrected chi connectivity index (χ2v) is 5.16. The Hall–Kier alpha value is -1.62. The minimum absolute atomic E-state index is 0.182. The van der Waals surface area contributed by atoms with Gasteiger partial charge < -0.3 is 9.88 Å². The predicted octanol–water partition coefficient (Wildman–Crippen LogP) is 3.00. The van der Waals surface area contributed by atoms with Crippen LogP contribution >= 0.6 is 15.9 Å². The second kappa shape index (κ2) is 6.52. The number of aromatic nitrogens is 2. The van der Waals surface area contributed by atoms with Gasteiger partial charge in [-0.25, -0.2) is 4.98 Å². The normalized spacial score (nSPS) is 10.4. The lowest BCUT2D eigenvalue weighted by Crippen LogP contribution is -2.12. The number of amides is 1. The van der Waals surface area contributed by atoms with E-state index in [4.69, 9.17) is 0 Å². The number of imidazole rings is 1. The highest BCUT2D eigenvalue weighted by molar-refractivity contribution is 9.09. The van der Waals surface area contributed by atoms with E-state index in [-0.39, 0.29) is 5.91 Å². The molecule has 1 aromatic heterocycles. The topological polar surface area (TPSA) is 46.9 Å². The lowest BCUT2D eigenvalue weighted by atomic mass is 10.1. The van der Waals surface area contributed by atoms with Crippen molar-refractivity contribution < 1.29 is 4.79 Å². The summed E-state index contributed by atoms with van der Waals surface area (Å²) in [6.45, 7) is 0. The largest absolute Gasteiger partial charge is 0.340 e. The number of alkyl halides is 1. The fourth-order valence-corrected chi connectivity index (χ4v) is 2.08. The van der Waals surface area contributed by atoms with Crippen LogP contribution in [0.15, 0.2) is 36.8 Å². The van der Waals surface area contributed by atoms with Gasteiger partial charge >= 0.3 is 0 Å². The summed E-state index contributed by atoms with van der Waals surface area (Å²) in [6.07, 6.45) is 5.39. The van der Waals surface area contributed by atoms with Gasteiger partial charge in [-0.2, -0.15) is 0 Å². The number of aryl methyl sites for hydroxylation is 2. The number of nitrogens with zero attached hydrogens (tertiary/aromatic N) is 2. The highest BCUT2D eigenvalue weighted by Gasteiger charge is 2.08. The first kappa shape index (κ1) is 13.8. The third-order valence-electron chi connectivity index (χ3n) is 2.72. The Balaban J connectivity index is 2.04. The first-order chi connectivity index (χ1) is 9.19. The molecule has 0 bridgehead atoms. The molecule has 0 atom stereocenters. The molecule has 0 saturated carbocycles. The van der Waals surface area contributed by atoms with Crippen LogP contribution in [0.2, 0.25) is 0 Å². The predicted molar refractivity (Wildman–Crippen MR) is 79.7 cm³/mol. The Morgan fingerprint density at radius 2 is 2.32 bits per heavy atom. The highest BCUT2D eigenvalue weighted by atomic mass is 79.9. The monoisotopic (exact) mass is 321 g/mol. The van der Waals surface area contributed by atoms with E-state index in [0.717, 1.165) is 23.9 Å². The van der Waals surface area contributed by atoms with Gasteiger partial charge in [-0.1, -0.05) is 28.1 Å². The first-order valence-corrected chi connectivity index (χ1v) is 7.25. The van der Waals surface area contributed by atoms with Crippen molar-refractivity contribution in [2.45, 2.75) is 12.8 Å². The summed E-state index contributed by atoms with van der Waals surface area (Å²) in [5.74, 6) is -0.182. The van der Waals surface area contributed by atoms with Crippen molar-refractivity contribution in [2.75, 3.05) is 10.6 Å². The number of nitrogens with one attached hydrogen (secondary N) is 1. The Bertz CT molecular complexity index is 565. The van der Waals surface area contributed by atoms with E-state index in [0.29, 0.717) is 5.69 Å². The van der Waals surface area contributed by atoms with Crippen LogP contribution in [0.4, 0.5) is 5.69 Å². The third kappa shape index (κ3) is 3.92. The molecule has 0 aliphatic rings. The zero-order valence-electron chi connectivity index (χ0n) is 10.8. The molecule has 5 heteroatoms. The van der Waals surface area contributed by atoms with Crippen LogP contribution in [-0.4, -0.2) is 20.8 Å². The average molecular weight is 322 g/mol. The fraction of sp³-hybridized carbons (Fsp3) is 0.286. The van der Waals surface area contributed by atoms with E-state index < -0.39 is 0 Å². The molecule has 0 unspecified atom stereocenters. The van der Waals surface area contributed by atoms with Crippen molar-refractivity contribution in [3.8, 4) is 0 Å². The van der Waals surface area contributed by atoms with Crippen LogP contribution in [0.25, 0.3) is 0 Å². The molecule has 1 amide bonds. The van der Waals surface area contributed by atoms with Crippen molar-refractivity contribution in [3.05, 3.63) is 48.0 Å². The van der Waals surface area contributed by atoms with Crippen LogP contribution in [-0.2, 0) is 13.5 Å². The molecule has 2 rings (SSSR count). The summed E-state index contributed by atoms with van der Waals surface area (Å²) in [7, 11) is 1.84. The smallest absolute Gasteiger partial charge is 0.275 e. The van der Waals surface area contributed by atoms with Crippen molar-refractivity contribution >= 4 is 27.5 Å².